The Morgan fingerprint density at radius 2 is 1.23 bits per heavy atom. The van der Waals surface area contributed by atoms with E-state index in [0.29, 0.717) is 0 Å². The summed E-state index contributed by atoms with van der Waals surface area (Å²) in [5.74, 6) is 0. The lowest BCUT2D eigenvalue weighted by atomic mass is 10.2. The van der Waals surface area contributed by atoms with Gasteiger partial charge >= 0.3 is 0 Å². The van der Waals surface area contributed by atoms with Gasteiger partial charge < -0.3 is 21.7 Å². The maximum absolute atomic E-state index is 5.39. The molecule has 0 aliphatic carbocycles. The Balaban J connectivity index is -0.000000405. The van der Waals surface area contributed by atoms with E-state index in [1.54, 1.807) is 0 Å². The van der Waals surface area contributed by atoms with E-state index in [-0.39, 0.29) is 49.6 Å². The second kappa shape index (κ2) is 23.5. The monoisotopic (exact) mass is 394 g/mol. The van der Waals surface area contributed by atoms with Crippen molar-refractivity contribution < 1.29 is 0 Å². The van der Waals surface area contributed by atoms with Crippen LogP contribution in [0.1, 0.15) is 12.0 Å². The minimum Gasteiger partial charge on any atom is -0.329 e. The molecule has 0 aromatic heterocycles. The Labute approximate surface area is 159 Å². The summed E-state index contributed by atoms with van der Waals surface area (Å²) in [6, 6.07) is 10.5. The van der Waals surface area contributed by atoms with Crippen molar-refractivity contribution in [1.29, 1.82) is 0 Å². The third-order valence-electron chi connectivity index (χ3n) is 2.68. The molecular weight excluding hydrogens is 366 g/mol. The standard InChI is InChI=1S/C14H26N4.4ClH/c15-7-10-16-8-4-9-17-11-12-18-13-14-5-2-1-3-6-14;;;;/h1-3,5-6,16-18H,4,7-13,15H2;4*1H. The van der Waals surface area contributed by atoms with Crippen molar-refractivity contribution >= 4 is 49.6 Å². The first-order valence-corrected chi connectivity index (χ1v) is 6.79. The number of nitrogens with two attached hydrogens (primary N) is 1. The van der Waals surface area contributed by atoms with Gasteiger partial charge in [0.1, 0.15) is 0 Å². The summed E-state index contributed by atoms with van der Waals surface area (Å²) in [6.07, 6.45) is 1.15. The number of rotatable bonds is 11. The normalized spacial score (nSPS) is 8.77. The summed E-state index contributed by atoms with van der Waals surface area (Å²) in [4.78, 5) is 0. The Kier molecular flexibility index (Phi) is 32.2. The van der Waals surface area contributed by atoms with Gasteiger partial charge in [0.25, 0.3) is 0 Å². The predicted molar refractivity (Wildman–Crippen MR) is 107 cm³/mol. The average molecular weight is 396 g/mol. The fourth-order valence-electron chi connectivity index (χ4n) is 1.70. The summed E-state index contributed by atoms with van der Waals surface area (Å²) in [5.41, 5.74) is 6.72. The highest BCUT2D eigenvalue weighted by Crippen LogP contribution is 1.96. The second-order valence-corrected chi connectivity index (χ2v) is 4.30. The SMILES string of the molecule is Cl.Cl.Cl.Cl.NCCNCCCNCCNCc1ccccc1. The highest BCUT2D eigenvalue weighted by atomic mass is 35.5. The van der Waals surface area contributed by atoms with Gasteiger partial charge in [-0.1, -0.05) is 30.3 Å². The molecule has 0 fully saturated rings. The minimum absolute atomic E-state index is 0. The second-order valence-electron chi connectivity index (χ2n) is 4.30. The highest BCUT2D eigenvalue weighted by Gasteiger charge is 1.91. The van der Waals surface area contributed by atoms with Gasteiger partial charge in [0.15, 0.2) is 0 Å². The molecule has 0 heterocycles. The van der Waals surface area contributed by atoms with Gasteiger partial charge in [-0.05, 0) is 25.1 Å². The van der Waals surface area contributed by atoms with Crippen molar-refractivity contribution in [2.45, 2.75) is 13.0 Å². The first-order chi connectivity index (χ1) is 8.93. The van der Waals surface area contributed by atoms with E-state index in [1.165, 1.54) is 5.56 Å². The molecule has 0 atom stereocenters. The number of halogens is 4. The van der Waals surface area contributed by atoms with Crippen molar-refractivity contribution in [3.05, 3.63) is 35.9 Å². The van der Waals surface area contributed by atoms with Crippen LogP contribution in [-0.4, -0.2) is 39.3 Å². The summed E-state index contributed by atoms with van der Waals surface area (Å²) in [7, 11) is 0. The molecular formula is C14H30Cl4N4. The summed E-state index contributed by atoms with van der Waals surface area (Å²) < 4.78 is 0. The van der Waals surface area contributed by atoms with Crippen LogP contribution in [0.4, 0.5) is 0 Å². The number of benzene rings is 1. The van der Waals surface area contributed by atoms with Crippen LogP contribution >= 0.6 is 49.6 Å². The predicted octanol–water partition coefficient (Wildman–Crippen LogP) is 1.99. The van der Waals surface area contributed by atoms with Crippen molar-refractivity contribution in [3.8, 4) is 0 Å². The van der Waals surface area contributed by atoms with E-state index in [9.17, 15) is 0 Å². The Hall–Kier alpha value is 0.220. The van der Waals surface area contributed by atoms with Crippen LogP contribution in [-0.2, 0) is 6.54 Å². The minimum atomic E-state index is 0. The van der Waals surface area contributed by atoms with Crippen molar-refractivity contribution in [3.63, 3.8) is 0 Å². The Morgan fingerprint density at radius 1 is 0.682 bits per heavy atom. The van der Waals surface area contributed by atoms with Crippen LogP contribution in [0.3, 0.4) is 0 Å². The van der Waals surface area contributed by atoms with E-state index in [4.69, 9.17) is 5.73 Å². The first kappa shape index (κ1) is 30.1. The van der Waals surface area contributed by atoms with E-state index in [0.717, 1.165) is 52.2 Å². The number of hydrogen-bond acceptors (Lipinski definition) is 4. The molecule has 134 valence electrons. The Bertz CT molecular complexity index is 291. The largest absolute Gasteiger partial charge is 0.329 e. The number of hydrogen-bond donors (Lipinski definition) is 4. The van der Waals surface area contributed by atoms with Crippen LogP contribution < -0.4 is 21.7 Å². The first-order valence-electron chi connectivity index (χ1n) is 6.79. The van der Waals surface area contributed by atoms with Gasteiger partial charge in [0.05, 0.1) is 0 Å². The third-order valence-corrected chi connectivity index (χ3v) is 2.68. The lowest BCUT2D eigenvalue weighted by Crippen LogP contribution is -2.30. The fraction of sp³-hybridized carbons (Fsp3) is 0.571. The van der Waals surface area contributed by atoms with Gasteiger partial charge in [-0.15, -0.1) is 49.6 Å². The van der Waals surface area contributed by atoms with Gasteiger partial charge in [-0.2, -0.15) is 0 Å². The maximum Gasteiger partial charge on any atom is 0.0206 e. The van der Waals surface area contributed by atoms with Gasteiger partial charge in [0.2, 0.25) is 0 Å². The van der Waals surface area contributed by atoms with Crippen LogP contribution in [0.2, 0.25) is 0 Å². The molecule has 0 radical (unpaired) electrons. The molecule has 0 aliphatic heterocycles. The highest BCUT2D eigenvalue weighted by molar-refractivity contribution is 5.86. The molecule has 0 spiro atoms. The topological polar surface area (TPSA) is 62.1 Å². The van der Waals surface area contributed by atoms with E-state index in [1.807, 2.05) is 6.07 Å². The lowest BCUT2D eigenvalue weighted by molar-refractivity contribution is 0.574. The molecule has 0 saturated carbocycles. The zero-order chi connectivity index (χ0) is 12.9. The molecule has 22 heavy (non-hydrogen) atoms. The molecule has 8 heteroatoms. The molecule has 1 aromatic rings. The zero-order valence-electron chi connectivity index (χ0n) is 12.8. The molecule has 1 aromatic carbocycles. The smallest absolute Gasteiger partial charge is 0.0206 e. The molecule has 0 bridgehead atoms. The summed E-state index contributed by atoms with van der Waals surface area (Å²) in [6.45, 7) is 6.71. The Morgan fingerprint density at radius 3 is 1.82 bits per heavy atom. The maximum atomic E-state index is 5.39. The molecule has 1 rings (SSSR count). The van der Waals surface area contributed by atoms with Gasteiger partial charge in [-0.25, -0.2) is 0 Å². The third kappa shape index (κ3) is 18.3. The van der Waals surface area contributed by atoms with Crippen LogP contribution in [0.15, 0.2) is 30.3 Å². The zero-order valence-corrected chi connectivity index (χ0v) is 16.0. The quantitative estimate of drug-likeness (QED) is 0.432. The van der Waals surface area contributed by atoms with E-state index < -0.39 is 0 Å². The average Bonchev–Trinajstić information content (AvgIpc) is 2.42. The summed E-state index contributed by atoms with van der Waals surface area (Å²) in [5, 5.41) is 10.1. The molecule has 0 saturated heterocycles. The molecule has 0 amide bonds. The molecule has 4 nitrogen and oxygen atoms in total. The van der Waals surface area contributed by atoms with Crippen LogP contribution in [0.25, 0.3) is 0 Å². The van der Waals surface area contributed by atoms with E-state index in [2.05, 4.69) is 40.2 Å². The number of nitrogens with one attached hydrogen (secondary N) is 3. The van der Waals surface area contributed by atoms with Crippen LogP contribution in [0.5, 0.6) is 0 Å². The lowest BCUT2D eigenvalue weighted by Gasteiger charge is -2.07. The summed E-state index contributed by atoms with van der Waals surface area (Å²) >= 11 is 0. The van der Waals surface area contributed by atoms with Crippen LogP contribution in [0, 0.1) is 0 Å². The van der Waals surface area contributed by atoms with Gasteiger partial charge in [-0.3, -0.25) is 0 Å². The molecule has 0 aliphatic rings. The molecule has 5 N–H and O–H groups in total. The fourth-order valence-corrected chi connectivity index (χ4v) is 1.70. The van der Waals surface area contributed by atoms with E-state index >= 15 is 0 Å². The molecule has 0 unspecified atom stereocenters. The van der Waals surface area contributed by atoms with Crippen molar-refractivity contribution in [2.75, 3.05) is 39.3 Å². The van der Waals surface area contributed by atoms with Crippen molar-refractivity contribution in [1.82, 2.24) is 16.0 Å². The van der Waals surface area contributed by atoms with Crippen molar-refractivity contribution in [2.24, 2.45) is 5.73 Å². The van der Waals surface area contributed by atoms with Gasteiger partial charge in [0, 0.05) is 32.7 Å².